The highest BCUT2D eigenvalue weighted by Gasteiger charge is 2.07. The summed E-state index contributed by atoms with van der Waals surface area (Å²) in [5.41, 5.74) is 2.96. The van der Waals surface area contributed by atoms with Crippen molar-refractivity contribution >= 4 is 5.91 Å². The van der Waals surface area contributed by atoms with Crippen LogP contribution in [0.5, 0.6) is 0 Å². The summed E-state index contributed by atoms with van der Waals surface area (Å²) in [6, 6.07) is 9.94. The van der Waals surface area contributed by atoms with E-state index in [9.17, 15) is 4.79 Å². The van der Waals surface area contributed by atoms with E-state index in [0.29, 0.717) is 6.54 Å². The van der Waals surface area contributed by atoms with Gasteiger partial charge in [-0.05, 0) is 19.7 Å². The van der Waals surface area contributed by atoms with E-state index in [1.165, 1.54) is 0 Å². The minimum Gasteiger partial charge on any atom is -0.348 e. The summed E-state index contributed by atoms with van der Waals surface area (Å²) in [4.78, 5) is 13.7. The normalized spacial score (nSPS) is 11.2. The molecule has 0 aliphatic carbocycles. The molecule has 0 radical (unpaired) electrons. The monoisotopic (exact) mass is 284 g/mol. The van der Waals surface area contributed by atoms with Crippen LogP contribution in [0.2, 0.25) is 0 Å². The molecule has 0 saturated heterocycles. The van der Waals surface area contributed by atoms with E-state index >= 15 is 0 Å². The second kappa shape index (κ2) is 7.40. The molecule has 0 aliphatic rings. The highest BCUT2D eigenvalue weighted by molar-refractivity contribution is 5.87. The van der Waals surface area contributed by atoms with Crippen molar-refractivity contribution in [3.8, 4) is 11.3 Å². The van der Waals surface area contributed by atoms with Gasteiger partial charge in [0, 0.05) is 24.7 Å². The Morgan fingerprint density at radius 2 is 2.10 bits per heavy atom. The molecule has 0 unspecified atom stereocenters. The van der Waals surface area contributed by atoms with Gasteiger partial charge in [0.2, 0.25) is 5.91 Å². The number of aromatic nitrogens is 2. The lowest BCUT2D eigenvalue weighted by molar-refractivity contribution is -0.116. The van der Waals surface area contributed by atoms with Crippen LogP contribution in [0.3, 0.4) is 0 Å². The number of amides is 1. The molecule has 1 amide bonds. The Morgan fingerprint density at radius 1 is 1.33 bits per heavy atom. The first-order valence-corrected chi connectivity index (χ1v) is 6.83. The summed E-state index contributed by atoms with van der Waals surface area (Å²) in [5, 5.41) is 9.90. The van der Waals surface area contributed by atoms with Crippen LogP contribution in [0.4, 0.5) is 0 Å². The molecule has 0 spiro atoms. The largest absolute Gasteiger partial charge is 0.348 e. The lowest BCUT2D eigenvalue weighted by Gasteiger charge is -2.05. The zero-order valence-electron chi connectivity index (χ0n) is 12.3. The van der Waals surface area contributed by atoms with Crippen molar-refractivity contribution in [2.75, 3.05) is 20.6 Å². The van der Waals surface area contributed by atoms with Crippen LogP contribution in [-0.4, -0.2) is 41.6 Å². The molecule has 1 aromatic heterocycles. The number of hydrogen-bond donors (Lipinski definition) is 2. The first kappa shape index (κ1) is 15.0. The highest BCUT2D eigenvalue weighted by atomic mass is 16.1. The Hall–Kier alpha value is -2.40. The zero-order chi connectivity index (χ0) is 15.1. The van der Waals surface area contributed by atoms with Crippen LogP contribution in [-0.2, 0) is 11.3 Å². The van der Waals surface area contributed by atoms with E-state index < -0.39 is 0 Å². The summed E-state index contributed by atoms with van der Waals surface area (Å²) in [6.07, 6.45) is 5.14. The predicted molar refractivity (Wildman–Crippen MR) is 83.6 cm³/mol. The average Bonchev–Trinajstić information content (AvgIpc) is 2.94. The third kappa shape index (κ3) is 4.57. The number of nitrogens with zero attached hydrogens (tertiary/aromatic N) is 2. The van der Waals surface area contributed by atoms with Crippen molar-refractivity contribution in [1.82, 2.24) is 20.4 Å². The van der Waals surface area contributed by atoms with Crippen LogP contribution in [0.1, 0.15) is 5.56 Å². The SMILES string of the molecule is CN(C)C/C=C/C(=O)NCc1cn[nH]c1-c1ccccc1. The maximum absolute atomic E-state index is 11.7. The van der Waals surface area contributed by atoms with Gasteiger partial charge in [0.1, 0.15) is 0 Å². The third-order valence-corrected chi connectivity index (χ3v) is 2.97. The summed E-state index contributed by atoms with van der Waals surface area (Å²) < 4.78 is 0. The molecule has 1 aromatic carbocycles. The number of nitrogens with one attached hydrogen (secondary N) is 2. The Kier molecular flexibility index (Phi) is 5.29. The molecule has 110 valence electrons. The number of aromatic amines is 1. The highest BCUT2D eigenvalue weighted by Crippen LogP contribution is 2.20. The van der Waals surface area contributed by atoms with Crippen LogP contribution in [0, 0.1) is 0 Å². The van der Waals surface area contributed by atoms with Crippen molar-refractivity contribution in [1.29, 1.82) is 0 Å². The predicted octanol–water partition coefficient (Wildman–Crippen LogP) is 1.81. The summed E-state index contributed by atoms with van der Waals surface area (Å²) >= 11 is 0. The van der Waals surface area contributed by atoms with E-state index in [1.54, 1.807) is 12.3 Å². The number of hydrogen-bond acceptors (Lipinski definition) is 3. The van der Waals surface area contributed by atoms with E-state index in [1.807, 2.05) is 55.4 Å². The molecule has 0 atom stereocenters. The van der Waals surface area contributed by atoms with E-state index in [2.05, 4.69) is 15.5 Å². The molecule has 0 fully saturated rings. The Bertz CT molecular complexity index is 602. The van der Waals surface area contributed by atoms with Crippen LogP contribution in [0.25, 0.3) is 11.3 Å². The van der Waals surface area contributed by atoms with Gasteiger partial charge in [0.15, 0.2) is 0 Å². The topological polar surface area (TPSA) is 61.0 Å². The summed E-state index contributed by atoms with van der Waals surface area (Å²) in [7, 11) is 3.92. The Labute approximate surface area is 124 Å². The van der Waals surface area contributed by atoms with E-state index in [0.717, 1.165) is 23.4 Å². The molecule has 21 heavy (non-hydrogen) atoms. The van der Waals surface area contributed by atoms with Crippen molar-refractivity contribution < 1.29 is 4.79 Å². The fraction of sp³-hybridized carbons (Fsp3) is 0.250. The molecular weight excluding hydrogens is 264 g/mol. The molecule has 0 bridgehead atoms. The van der Waals surface area contributed by atoms with Gasteiger partial charge < -0.3 is 10.2 Å². The van der Waals surface area contributed by atoms with Gasteiger partial charge in [-0.2, -0.15) is 5.10 Å². The third-order valence-electron chi connectivity index (χ3n) is 2.97. The van der Waals surface area contributed by atoms with Crippen molar-refractivity contribution in [2.45, 2.75) is 6.54 Å². The molecule has 2 N–H and O–H groups in total. The van der Waals surface area contributed by atoms with Crippen molar-refractivity contribution in [3.05, 3.63) is 54.2 Å². The van der Waals surface area contributed by atoms with Crippen molar-refractivity contribution in [3.63, 3.8) is 0 Å². The van der Waals surface area contributed by atoms with Crippen LogP contribution >= 0.6 is 0 Å². The smallest absolute Gasteiger partial charge is 0.243 e. The van der Waals surface area contributed by atoms with Gasteiger partial charge in [-0.15, -0.1) is 0 Å². The molecule has 2 rings (SSSR count). The average molecular weight is 284 g/mol. The molecule has 0 aliphatic heterocycles. The van der Waals surface area contributed by atoms with E-state index in [4.69, 9.17) is 0 Å². The first-order chi connectivity index (χ1) is 10.2. The lowest BCUT2D eigenvalue weighted by atomic mass is 10.1. The maximum atomic E-state index is 11.7. The molecule has 5 nitrogen and oxygen atoms in total. The molecule has 0 saturated carbocycles. The molecular formula is C16H20N4O. The number of carbonyl (C=O) groups is 1. The van der Waals surface area contributed by atoms with Crippen molar-refractivity contribution in [2.24, 2.45) is 0 Å². The first-order valence-electron chi connectivity index (χ1n) is 6.83. The van der Waals surface area contributed by atoms with Gasteiger partial charge in [-0.1, -0.05) is 36.4 Å². The second-order valence-electron chi connectivity index (χ2n) is 5.02. The van der Waals surface area contributed by atoms with Crippen LogP contribution in [0.15, 0.2) is 48.7 Å². The number of likely N-dealkylation sites (N-methyl/N-ethyl adjacent to an activating group) is 1. The van der Waals surface area contributed by atoms with Gasteiger partial charge in [-0.25, -0.2) is 0 Å². The number of carbonyl (C=O) groups excluding carboxylic acids is 1. The summed E-state index contributed by atoms with van der Waals surface area (Å²) in [6.45, 7) is 1.19. The minimum atomic E-state index is -0.0999. The number of rotatable bonds is 6. The standard InChI is InChI=1S/C16H20N4O/c1-20(2)10-6-9-15(21)17-11-14-12-18-19-16(14)13-7-4-3-5-8-13/h3-9,12H,10-11H2,1-2H3,(H,17,21)(H,18,19)/b9-6+. The fourth-order valence-corrected chi connectivity index (χ4v) is 1.91. The van der Waals surface area contributed by atoms with Gasteiger partial charge in [0.25, 0.3) is 0 Å². The van der Waals surface area contributed by atoms with Crippen LogP contribution < -0.4 is 5.32 Å². The number of H-pyrrole nitrogens is 1. The Balaban J connectivity index is 1.94. The minimum absolute atomic E-state index is 0.0999. The maximum Gasteiger partial charge on any atom is 0.243 e. The lowest BCUT2D eigenvalue weighted by Crippen LogP contribution is -2.21. The summed E-state index contributed by atoms with van der Waals surface area (Å²) in [5.74, 6) is -0.0999. The molecule has 1 heterocycles. The fourth-order valence-electron chi connectivity index (χ4n) is 1.91. The Morgan fingerprint density at radius 3 is 2.81 bits per heavy atom. The zero-order valence-corrected chi connectivity index (χ0v) is 12.3. The number of benzene rings is 1. The quantitative estimate of drug-likeness (QED) is 0.795. The second-order valence-corrected chi connectivity index (χ2v) is 5.02. The molecule has 2 aromatic rings. The van der Waals surface area contributed by atoms with E-state index in [-0.39, 0.29) is 5.91 Å². The van der Waals surface area contributed by atoms with Gasteiger partial charge in [0.05, 0.1) is 11.9 Å². The van der Waals surface area contributed by atoms with Gasteiger partial charge in [-0.3, -0.25) is 9.89 Å². The van der Waals surface area contributed by atoms with Gasteiger partial charge >= 0.3 is 0 Å². The molecule has 5 heteroatoms.